The van der Waals surface area contributed by atoms with Gasteiger partial charge in [0, 0.05) is 16.5 Å². The van der Waals surface area contributed by atoms with E-state index in [1.54, 1.807) is 0 Å². The normalized spacial score (nSPS) is 11.0. The number of fused-ring (bicyclic) bond motifs is 1. The van der Waals surface area contributed by atoms with Crippen LogP contribution in [0.4, 0.5) is 0 Å². The standard InChI is InChI=1S/C12H12O6/c1-3-5-4(2)8(14)12(18)10(16)6(5)9(15)11(17)7(3)13/h13-18H,1-2H3. The number of phenols is 6. The highest BCUT2D eigenvalue weighted by Crippen LogP contribution is 2.53. The summed E-state index contributed by atoms with van der Waals surface area (Å²) in [6.07, 6.45) is 0. The molecule has 0 heterocycles. The highest BCUT2D eigenvalue weighted by Gasteiger charge is 2.24. The summed E-state index contributed by atoms with van der Waals surface area (Å²) in [5.41, 5.74) is 0.340. The minimum absolute atomic E-state index is 0.163. The zero-order valence-electron chi connectivity index (χ0n) is 9.68. The van der Waals surface area contributed by atoms with Gasteiger partial charge in [0.25, 0.3) is 0 Å². The van der Waals surface area contributed by atoms with Gasteiger partial charge in [-0.05, 0) is 13.8 Å². The van der Waals surface area contributed by atoms with Crippen LogP contribution in [0.1, 0.15) is 11.1 Å². The Labute approximate surface area is 102 Å². The van der Waals surface area contributed by atoms with E-state index < -0.39 is 34.5 Å². The van der Waals surface area contributed by atoms with Crippen LogP contribution in [-0.2, 0) is 0 Å². The molecule has 2 rings (SSSR count). The lowest BCUT2D eigenvalue weighted by molar-refractivity contribution is 0.360. The van der Waals surface area contributed by atoms with Gasteiger partial charge in [0.2, 0.25) is 11.5 Å². The zero-order valence-corrected chi connectivity index (χ0v) is 9.68. The van der Waals surface area contributed by atoms with Crippen LogP contribution in [-0.4, -0.2) is 30.6 Å². The first kappa shape index (κ1) is 12.0. The Kier molecular flexibility index (Phi) is 2.32. The molecule has 6 N–H and O–H groups in total. The maximum atomic E-state index is 9.72. The van der Waals surface area contributed by atoms with Gasteiger partial charge in [-0.15, -0.1) is 0 Å². The molecule has 0 aliphatic rings. The molecule has 0 atom stereocenters. The fourth-order valence-corrected chi connectivity index (χ4v) is 2.06. The van der Waals surface area contributed by atoms with E-state index in [4.69, 9.17) is 0 Å². The molecular weight excluding hydrogens is 240 g/mol. The molecule has 0 unspecified atom stereocenters. The molecule has 0 radical (unpaired) electrons. The van der Waals surface area contributed by atoms with E-state index in [-0.39, 0.29) is 21.9 Å². The van der Waals surface area contributed by atoms with Crippen molar-refractivity contribution in [1.82, 2.24) is 0 Å². The van der Waals surface area contributed by atoms with Crippen LogP contribution in [0.2, 0.25) is 0 Å². The average Bonchev–Trinajstić information content (AvgIpc) is 2.35. The molecular formula is C12H12O6. The molecule has 96 valence electrons. The molecule has 0 saturated heterocycles. The quantitative estimate of drug-likeness (QED) is 0.397. The summed E-state index contributed by atoms with van der Waals surface area (Å²) in [7, 11) is 0. The third kappa shape index (κ3) is 1.22. The van der Waals surface area contributed by atoms with Gasteiger partial charge in [-0.25, -0.2) is 0 Å². The van der Waals surface area contributed by atoms with Gasteiger partial charge in [0.1, 0.15) is 0 Å². The Morgan fingerprint density at radius 3 is 1.11 bits per heavy atom. The summed E-state index contributed by atoms with van der Waals surface area (Å²) in [5, 5.41) is 57.6. The molecule has 0 aliphatic carbocycles. The second-order valence-corrected chi connectivity index (χ2v) is 4.09. The molecule has 18 heavy (non-hydrogen) atoms. The summed E-state index contributed by atoms with van der Waals surface area (Å²) < 4.78 is 0. The smallest absolute Gasteiger partial charge is 0.201 e. The van der Waals surface area contributed by atoms with Gasteiger partial charge in [0.05, 0.1) is 5.39 Å². The fourth-order valence-electron chi connectivity index (χ4n) is 2.06. The number of hydrogen-bond acceptors (Lipinski definition) is 6. The van der Waals surface area contributed by atoms with Crippen molar-refractivity contribution < 1.29 is 30.6 Å². The van der Waals surface area contributed by atoms with Gasteiger partial charge in [0.15, 0.2) is 23.0 Å². The Morgan fingerprint density at radius 2 is 0.778 bits per heavy atom. The third-order valence-electron chi connectivity index (χ3n) is 3.08. The van der Waals surface area contributed by atoms with Crippen molar-refractivity contribution in [2.75, 3.05) is 0 Å². The third-order valence-corrected chi connectivity index (χ3v) is 3.08. The maximum Gasteiger partial charge on any atom is 0.201 e. The number of hydrogen-bond donors (Lipinski definition) is 6. The van der Waals surface area contributed by atoms with Crippen molar-refractivity contribution in [2.24, 2.45) is 0 Å². The average molecular weight is 252 g/mol. The van der Waals surface area contributed by atoms with Crippen molar-refractivity contribution in [3.8, 4) is 34.5 Å². The van der Waals surface area contributed by atoms with Crippen LogP contribution in [0, 0.1) is 13.8 Å². The summed E-state index contributed by atoms with van der Waals surface area (Å²) in [6.45, 7) is 2.89. The van der Waals surface area contributed by atoms with E-state index in [9.17, 15) is 30.6 Å². The Balaban J connectivity index is 3.22. The van der Waals surface area contributed by atoms with Crippen LogP contribution in [0.5, 0.6) is 34.5 Å². The first-order chi connectivity index (χ1) is 8.29. The van der Waals surface area contributed by atoms with Crippen molar-refractivity contribution >= 4 is 10.8 Å². The summed E-state index contributed by atoms with van der Waals surface area (Å²) in [5.74, 6) is -4.20. The van der Waals surface area contributed by atoms with Crippen LogP contribution in [0.25, 0.3) is 10.8 Å². The molecule has 0 fully saturated rings. The van der Waals surface area contributed by atoms with Crippen molar-refractivity contribution in [3.63, 3.8) is 0 Å². The molecule has 0 spiro atoms. The first-order valence-electron chi connectivity index (χ1n) is 5.09. The maximum absolute atomic E-state index is 9.72. The molecule has 6 heteroatoms. The number of benzene rings is 2. The zero-order chi connectivity index (χ0) is 13.8. The number of aryl methyl sites for hydroxylation is 2. The van der Waals surface area contributed by atoms with Crippen LogP contribution >= 0.6 is 0 Å². The molecule has 0 amide bonds. The Morgan fingerprint density at radius 1 is 0.444 bits per heavy atom. The number of phenolic OH excluding ortho intramolecular Hbond substituents is 6. The predicted molar refractivity (Wildman–Crippen MR) is 63.4 cm³/mol. The van der Waals surface area contributed by atoms with Gasteiger partial charge < -0.3 is 30.6 Å². The molecule has 0 bridgehead atoms. The molecule has 2 aromatic rings. The van der Waals surface area contributed by atoms with Gasteiger partial charge in [-0.3, -0.25) is 0 Å². The van der Waals surface area contributed by atoms with Gasteiger partial charge in [-0.2, -0.15) is 0 Å². The molecule has 2 aromatic carbocycles. The van der Waals surface area contributed by atoms with E-state index in [1.807, 2.05) is 0 Å². The van der Waals surface area contributed by atoms with Crippen molar-refractivity contribution in [3.05, 3.63) is 11.1 Å². The minimum Gasteiger partial charge on any atom is -0.504 e. The molecule has 6 nitrogen and oxygen atoms in total. The second-order valence-electron chi connectivity index (χ2n) is 4.09. The molecule has 0 saturated carbocycles. The van der Waals surface area contributed by atoms with E-state index in [1.165, 1.54) is 13.8 Å². The predicted octanol–water partition coefficient (Wildman–Crippen LogP) is 1.69. The minimum atomic E-state index is -0.792. The van der Waals surface area contributed by atoms with E-state index in [0.29, 0.717) is 0 Å². The summed E-state index contributed by atoms with van der Waals surface area (Å²) in [4.78, 5) is 0. The van der Waals surface area contributed by atoms with Crippen LogP contribution in [0.3, 0.4) is 0 Å². The molecule has 0 aromatic heterocycles. The van der Waals surface area contributed by atoms with Crippen LogP contribution in [0.15, 0.2) is 0 Å². The number of rotatable bonds is 0. The van der Waals surface area contributed by atoms with Crippen molar-refractivity contribution in [2.45, 2.75) is 13.8 Å². The Bertz CT molecular complexity index is 562. The second kappa shape index (κ2) is 3.49. The van der Waals surface area contributed by atoms with Crippen molar-refractivity contribution in [1.29, 1.82) is 0 Å². The topological polar surface area (TPSA) is 121 Å². The fraction of sp³-hybridized carbons (Fsp3) is 0.167. The first-order valence-corrected chi connectivity index (χ1v) is 5.09. The Hall–Kier alpha value is -2.50. The lowest BCUT2D eigenvalue weighted by atomic mass is 9.96. The monoisotopic (exact) mass is 252 g/mol. The lowest BCUT2D eigenvalue weighted by Gasteiger charge is -2.15. The van der Waals surface area contributed by atoms with E-state index in [0.717, 1.165) is 0 Å². The van der Waals surface area contributed by atoms with Gasteiger partial charge in [-0.1, -0.05) is 0 Å². The SMILES string of the molecule is Cc1c(O)c(O)c(O)c2c(O)c(O)c(O)c(C)c12. The summed E-state index contributed by atoms with van der Waals surface area (Å²) >= 11 is 0. The number of aromatic hydroxyl groups is 6. The highest BCUT2D eigenvalue weighted by molar-refractivity contribution is 6.04. The van der Waals surface area contributed by atoms with Crippen LogP contribution < -0.4 is 0 Å². The largest absolute Gasteiger partial charge is 0.504 e. The highest BCUT2D eigenvalue weighted by atomic mass is 16.3. The van der Waals surface area contributed by atoms with E-state index >= 15 is 0 Å². The summed E-state index contributed by atoms with van der Waals surface area (Å²) in [6, 6.07) is 0. The molecule has 0 aliphatic heterocycles. The van der Waals surface area contributed by atoms with Gasteiger partial charge >= 0.3 is 0 Å². The lowest BCUT2D eigenvalue weighted by Crippen LogP contribution is -1.89. The van der Waals surface area contributed by atoms with E-state index in [2.05, 4.69) is 0 Å².